The summed E-state index contributed by atoms with van der Waals surface area (Å²) in [6.07, 6.45) is 2.50. The molecule has 1 N–H and O–H groups in total. The van der Waals surface area contributed by atoms with Crippen LogP contribution in [0.4, 0.5) is 5.69 Å². The molecular formula is C20H17ClN4O2. The summed E-state index contributed by atoms with van der Waals surface area (Å²) < 4.78 is 1.56. The predicted octanol–water partition coefficient (Wildman–Crippen LogP) is 3.41. The first-order valence-corrected chi connectivity index (χ1v) is 8.91. The van der Waals surface area contributed by atoms with Crippen LogP contribution in [-0.4, -0.2) is 40.1 Å². The van der Waals surface area contributed by atoms with Gasteiger partial charge >= 0.3 is 0 Å². The molecule has 3 aromatic rings. The van der Waals surface area contributed by atoms with Gasteiger partial charge in [0.1, 0.15) is 0 Å². The molecule has 7 heteroatoms. The van der Waals surface area contributed by atoms with Crippen molar-refractivity contribution in [3.05, 3.63) is 76.6 Å². The minimum Gasteiger partial charge on any atom is -0.341 e. The molecule has 2 heterocycles. The Hall–Kier alpha value is -3.12. The van der Waals surface area contributed by atoms with Crippen molar-refractivity contribution in [3.63, 3.8) is 0 Å². The Labute approximate surface area is 161 Å². The van der Waals surface area contributed by atoms with Gasteiger partial charge in [-0.05, 0) is 42.3 Å². The van der Waals surface area contributed by atoms with Crippen molar-refractivity contribution in [2.24, 2.45) is 0 Å². The number of amides is 2. The van der Waals surface area contributed by atoms with Crippen LogP contribution >= 0.6 is 11.6 Å². The lowest BCUT2D eigenvalue weighted by Crippen LogP contribution is -2.34. The van der Waals surface area contributed by atoms with Crippen molar-refractivity contribution in [2.45, 2.75) is 6.42 Å². The van der Waals surface area contributed by atoms with Crippen LogP contribution in [0.2, 0.25) is 5.02 Å². The number of benzene rings is 2. The molecule has 1 aromatic heterocycles. The topological polar surface area (TPSA) is 67.2 Å². The van der Waals surface area contributed by atoms with E-state index in [9.17, 15) is 9.59 Å². The molecule has 0 saturated heterocycles. The first kappa shape index (κ1) is 17.3. The fourth-order valence-electron chi connectivity index (χ4n) is 3.08. The van der Waals surface area contributed by atoms with E-state index in [4.69, 9.17) is 11.6 Å². The number of para-hydroxylation sites is 1. The standard InChI is InChI=1S/C20H17ClN4O2/c1-24-10-8-13-6-7-14(12-15(13)20(24)27)22-19(26)17-9-11-25(23-17)18-5-3-2-4-16(18)21/h2-7,9,11-12H,8,10H2,1H3,(H,22,26). The zero-order valence-electron chi connectivity index (χ0n) is 14.6. The highest BCUT2D eigenvalue weighted by Crippen LogP contribution is 2.23. The first-order valence-electron chi connectivity index (χ1n) is 8.53. The van der Waals surface area contributed by atoms with Gasteiger partial charge in [-0.25, -0.2) is 4.68 Å². The molecule has 0 saturated carbocycles. The van der Waals surface area contributed by atoms with Crippen molar-refractivity contribution in [1.82, 2.24) is 14.7 Å². The van der Waals surface area contributed by atoms with Crippen LogP contribution in [-0.2, 0) is 6.42 Å². The van der Waals surface area contributed by atoms with E-state index in [-0.39, 0.29) is 17.5 Å². The molecule has 136 valence electrons. The zero-order chi connectivity index (χ0) is 19.0. The molecule has 0 spiro atoms. The van der Waals surface area contributed by atoms with Crippen molar-refractivity contribution >= 4 is 29.1 Å². The third kappa shape index (κ3) is 3.31. The van der Waals surface area contributed by atoms with E-state index in [0.717, 1.165) is 12.0 Å². The number of likely N-dealkylation sites (N-methyl/N-ethyl adjacent to an activating group) is 1. The molecule has 2 amide bonds. The number of nitrogens with one attached hydrogen (secondary N) is 1. The number of halogens is 1. The van der Waals surface area contributed by atoms with Gasteiger partial charge in [-0.2, -0.15) is 5.10 Å². The number of nitrogens with zero attached hydrogens (tertiary/aromatic N) is 3. The summed E-state index contributed by atoms with van der Waals surface area (Å²) in [5.74, 6) is -0.382. The summed E-state index contributed by atoms with van der Waals surface area (Å²) in [5.41, 5.74) is 3.15. The van der Waals surface area contributed by atoms with Gasteiger partial charge in [0.25, 0.3) is 11.8 Å². The molecule has 0 atom stereocenters. The molecule has 4 rings (SSSR count). The highest BCUT2D eigenvalue weighted by atomic mass is 35.5. The summed E-state index contributed by atoms with van der Waals surface area (Å²) in [6.45, 7) is 0.705. The minimum absolute atomic E-state index is 0.0321. The Kier molecular flexibility index (Phi) is 4.41. The largest absolute Gasteiger partial charge is 0.341 e. The lowest BCUT2D eigenvalue weighted by Gasteiger charge is -2.25. The van der Waals surface area contributed by atoms with E-state index in [1.807, 2.05) is 24.3 Å². The van der Waals surface area contributed by atoms with E-state index in [1.54, 1.807) is 47.1 Å². The van der Waals surface area contributed by atoms with Crippen molar-refractivity contribution < 1.29 is 9.59 Å². The number of fused-ring (bicyclic) bond motifs is 1. The number of carbonyl (C=O) groups excluding carboxylic acids is 2. The molecule has 6 nitrogen and oxygen atoms in total. The number of hydrogen-bond acceptors (Lipinski definition) is 3. The summed E-state index contributed by atoms with van der Waals surface area (Å²) in [4.78, 5) is 26.5. The summed E-state index contributed by atoms with van der Waals surface area (Å²) >= 11 is 6.17. The average molecular weight is 381 g/mol. The van der Waals surface area contributed by atoms with Crippen LogP contribution in [0.5, 0.6) is 0 Å². The third-order valence-corrected chi connectivity index (χ3v) is 4.90. The van der Waals surface area contributed by atoms with Crippen LogP contribution in [0.3, 0.4) is 0 Å². The number of hydrogen-bond donors (Lipinski definition) is 1. The van der Waals surface area contributed by atoms with Crippen LogP contribution in [0, 0.1) is 0 Å². The third-order valence-electron chi connectivity index (χ3n) is 4.58. The molecule has 0 bridgehead atoms. The van der Waals surface area contributed by atoms with Gasteiger partial charge in [0.15, 0.2) is 5.69 Å². The zero-order valence-corrected chi connectivity index (χ0v) is 15.4. The van der Waals surface area contributed by atoms with Crippen molar-refractivity contribution in [2.75, 3.05) is 18.9 Å². The van der Waals surface area contributed by atoms with E-state index in [2.05, 4.69) is 10.4 Å². The number of anilines is 1. The van der Waals surface area contributed by atoms with E-state index >= 15 is 0 Å². The maximum absolute atomic E-state index is 12.5. The summed E-state index contributed by atoms with van der Waals surface area (Å²) in [7, 11) is 1.78. The molecule has 0 fully saturated rings. The molecule has 0 aliphatic carbocycles. The van der Waals surface area contributed by atoms with E-state index < -0.39 is 0 Å². The molecule has 2 aromatic carbocycles. The SMILES string of the molecule is CN1CCc2ccc(NC(=O)c3ccn(-c4ccccc4Cl)n3)cc2C1=O. The van der Waals surface area contributed by atoms with Gasteiger partial charge in [-0.15, -0.1) is 0 Å². The lowest BCUT2D eigenvalue weighted by molar-refractivity contribution is 0.0780. The number of carbonyl (C=O) groups is 2. The molecular weight excluding hydrogens is 364 g/mol. The summed E-state index contributed by atoms with van der Waals surface area (Å²) in [6, 6.07) is 14.3. The Morgan fingerprint density at radius 3 is 2.81 bits per heavy atom. The van der Waals surface area contributed by atoms with E-state index in [0.29, 0.717) is 28.5 Å². The second-order valence-corrected chi connectivity index (χ2v) is 6.81. The second-order valence-electron chi connectivity index (χ2n) is 6.40. The van der Waals surface area contributed by atoms with Crippen LogP contribution < -0.4 is 5.32 Å². The lowest BCUT2D eigenvalue weighted by atomic mass is 9.99. The first-order chi connectivity index (χ1) is 13.0. The molecule has 27 heavy (non-hydrogen) atoms. The normalized spacial score (nSPS) is 13.4. The highest BCUT2D eigenvalue weighted by molar-refractivity contribution is 6.32. The fourth-order valence-corrected chi connectivity index (χ4v) is 3.30. The van der Waals surface area contributed by atoms with Gasteiger partial charge in [0.2, 0.25) is 0 Å². The molecule has 0 unspecified atom stereocenters. The van der Waals surface area contributed by atoms with Gasteiger partial charge in [0.05, 0.1) is 10.7 Å². The Balaban J connectivity index is 1.55. The van der Waals surface area contributed by atoms with Crippen LogP contribution in [0.1, 0.15) is 26.4 Å². The second kappa shape index (κ2) is 6.89. The van der Waals surface area contributed by atoms with Gasteiger partial charge in [-0.3, -0.25) is 9.59 Å². The quantitative estimate of drug-likeness (QED) is 0.757. The molecule has 0 radical (unpaired) electrons. The fraction of sp³-hybridized carbons (Fsp3) is 0.150. The van der Waals surface area contributed by atoms with Gasteiger partial charge < -0.3 is 10.2 Å². The molecule has 1 aliphatic heterocycles. The van der Waals surface area contributed by atoms with Crippen molar-refractivity contribution in [1.29, 1.82) is 0 Å². The minimum atomic E-state index is -0.350. The van der Waals surface area contributed by atoms with E-state index in [1.165, 1.54) is 0 Å². The van der Waals surface area contributed by atoms with Crippen LogP contribution in [0.15, 0.2) is 54.7 Å². The molecule has 1 aliphatic rings. The van der Waals surface area contributed by atoms with Crippen molar-refractivity contribution in [3.8, 4) is 5.69 Å². The maximum atomic E-state index is 12.5. The van der Waals surface area contributed by atoms with Crippen LogP contribution in [0.25, 0.3) is 5.69 Å². The van der Waals surface area contributed by atoms with Gasteiger partial charge in [-0.1, -0.05) is 29.8 Å². The predicted molar refractivity (Wildman–Crippen MR) is 104 cm³/mol. The maximum Gasteiger partial charge on any atom is 0.276 e. The monoisotopic (exact) mass is 380 g/mol. The Morgan fingerprint density at radius 2 is 2.00 bits per heavy atom. The average Bonchev–Trinajstić information content (AvgIpc) is 3.15. The smallest absolute Gasteiger partial charge is 0.276 e. The Morgan fingerprint density at radius 1 is 1.19 bits per heavy atom. The number of rotatable bonds is 3. The van der Waals surface area contributed by atoms with Gasteiger partial charge in [0, 0.05) is 31.0 Å². The number of aromatic nitrogens is 2. The highest BCUT2D eigenvalue weighted by Gasteiger charge is 2.22. The Bertz CT molecular complexity index is 1040. The summed E-state index contributed by atoms with van der Waals surface area (Å²) in [5, 5.41) is 7.65.